The van der Waals surface area contributed by atoms with Crippen LogP contribution in [0.1, 0.15) is 25.0 Å². The number of nitrogens with zero attached hydrogens (tertiary/aromatic N) is 2. The van der Waals surface area contributed by atoms with Crippen molar-refractivity contribution in [3.63, 3.8) is 0 Å². The topological polar surface area (TPSA) is 52.1 Å². The molecular weight excluding hydrogens is 681 g/mol. The molecule has 0 fully saturated rings. The molecule has 0 atom stereocenters. The van der Waals surface area contributed by atoms with Crippen molar-refractivity contribution in [1.29, 1.82) is 0 Å². The number of fused-ring (bicyclic) bond motifs is 12. The second-order valence-corrected chi connectivity index (χ2v) is 15.9. The van der Waals surface area contributed by atoms with Gasteiger partial charge in [-0.3, -0.25) is 0 Å². The van der Waals surface area contributed by atoms with E-state index in [1.54, 1.807) is 11.3 Å². The summed E-state index contributed by atoms with van der Waals surface area (Å²) >= 11 is 1.72. The first-order valence-corrected chi connectivity index (χ1v) is 19.1. The highest BCUT2D eigenvalue weighted by Crippen LogP contribution is 2.50. The van der Waals surface area contributed by atoms with Gasteiger partial charge in [-0.25, -0.2) is 9.97 Å². The summed E-state index contributed by atoms with van der Waals surface area (Å²) < 4.78 is 13.9. The van der Waals surface area contributed by atoms with Crippen molar-refractivity contribution >= 4 is 75.5 Å². The van der Waals surface area contributed by atoms with E-state index in [0.29, 0.717) is 5.82 Å². The number of hydrogen-bond donors (Lipinski definition) is 0. The molecular formula is C49H30N2O2S. The summed E-state index contributed by atoms with van der Waals surface area (Å²) in [6.07, 6.45) is 0. The highest BCUT2D eigenvalue weighted by molar-refractivity contribution is 7.25. The van der Waals surface area contributed by atoms with Crippen LogP contribution in [0, 0.1) is 0 Å². The molecule has 1 aliphatic carbocycles. The predicted octanol–water partition coefficient (Wildman–Crippen LogP) is 14.0. The Labute approximate surface area is 314 Å². The highest BCUT2D eigenvalue weighted by Gasteiger charge is 2.35. The first kappa shape index (κ1) is 30.0. The summed E-state index contributed by atoms with van der Waals surface area (Å²) in [4.78, 5) is 11.9. The fourth-order valence-electron chi connectivity index (χ4n) is 8.99. The van der Waals surface area contributed by atoms with E-state index >= 15 is 0 Å². The third kappa shape index (κ3) is 4.07. The molecule has 4 nitrogen and oxygen atoms in total. The van der Waals surface area contributed by atoms with Gasteiger partial charge in [-0.2, -0.15) is 0 Å². The minimum absolute atomic E-state index is 0.0756. The number of thiophene rings is 1. The lowest BCUT2D eigenvalue weighted by atomic mass is 9.81. The fraction of sp³-hybridized carbons (Fsp3) is 0.0612. The Morgan fingerprint density at radius 3 is 1.83 bits per heavy atom. The van der Waals surface area contributed by atoms with Gasteiger partial charge in [-0.1, -0.05) is 117 Å². The average Bonchev–Trinajstić information content (AvgIpc) is 3.95. The van der Waals surface area contributed by atoms with Crippen LogP contribution < -0.4 is 0 Å². The zero-order valence-corrected chi connectivity index (χ0v) is 30.3. The first-order chi connectivity index (χ1) is 26.5. The van der Waals surface area contributed by atoms with E-state index < -0.39 is 0 Å². The molecule has 11 aromatic rings. The largest absolute Gasteiger partial charge is 0.456 e. The Balaban J connectivity index is 1.14. The molecule has 0 saturated heterocycles. The number of hydrogen-bond acceptors (Lipinski definition) is 5. The third-order valence-corrected chi connectivity index (χ3v) is 12.6. The number of para-hydroxylation sites is 2. The molecule has 4 heterocycles. The molecule has 0 aliphatic heterocycles. The minimum atomic E-state index is -0.0756. The lowest BCUT2D eigenvalue weighted by Gasteiger charge is -2.22. The third-order valence-electron chi connectivity index (χ3n) is 11.5. The van der Waals surface area contributed by atoms with Gasteiger partial charge in [0.1, 0.15) is 27.2 Å². The number of benzene rings is 7. The normalized spacial score (nSPS) is 13.5. The van der Waals surface area contributed by atoms with Crippen molar-refractivity contribution in [2.45, 2.75) is 19.3 Å². The van der Waals surface area contributed by atoms with Crippen molar-refractivity contribution < 1.29 is 8.83 Å². The van der Waals surface area contributed by atoms with Gasteiger partial charge in [0.15, 0.2) is 5.82 Å². The summed E-state index contributed by atoms with van der Waals surface area (Å²) in [5.41, 5.74) is 14.0. The summed E-state index contributed by atoms with van der Waals surface area (Å²) in [5, 5.41) is 6.40. The smallest absolute Gasteiger partial charge is 0.162 e. The molecule has 254 valence electrons. The van der Waals surface area contributed by atoms with E-state index in [1.165, 1.54) is 38.1 Å². The summed E-state index contributed by atoms with van der Waals surface area (Å²) in [7, 11) is 0. The zero-order valence-electron chi connectivity index (χ0n) is 29.5. The standard InChI is InChI=1S/C49H30N2O2S/c1-49(2)36-16-6-3-11-29(36)30-23-21-28(26-37(30)49)27-22-24-42-35(25-27)45-46(33-14-9-19-40-43(33)31-12-4-7-17-38(31)52-40)50-47(51-48(45)54-42)34-15-10-20-41-44(34)32-13-5-8-18-39(32)53-41/h3-26H,1-2H3. The predicted molar refractivity (Wildman–Crippen MR) is 223 cm³/mol. The van der Waals surface area contributed by atoms with Gasteiger partial charge in [0.25, 0.3) is 0 Å². The van der Waals surface area contributed by atoms with E-state index in [0.717, 1.165) is 76.3 Å². The fourth-order valence-corrected chi connectivity index (χ4v) is 10.0. The van der Waals surface area contributed by atoms with Crippen molar-refractivity contribution in [2.24, 2.45) is 0 Å². The van der Waals surface area contributed by atoms with Gasteiger partial charge < -0.3 is 8.83 Å². The van der Waals surface area contributed by atoms with E-state index in [1.807, 2.05) is 42.5 Å². The maximum Gasteiger partial charge on any atom is 0.162 e. The minimum Gasteiger partial charge on any atom is -0.456 e. The molecule has 0 unspecified atom stereocenters. The Kier molecular flexibility index (Phi) is 5.96. The van der Waals surface area contributed by atoms with Crippen molar-refractivity contribution in [3.05, 3.63) is 157 Å². The van der Waals surface area contributed by atoms with Crippen LogP contribution in [0.5, 0.6) is 0 Å². The summed E-state index contributed by atoms with van der Waals surface area (Å²) in [5.74, 6) is 0.673. The SMILES string of the molecule is CC1(C)c2ccccc2-c2ccc(-c3ccc4sc5nc(-c6cccc7oc8ccccc8c67)nc(-c6cccc7oc8ccccc8c67)c5c4c3)cc21. The van der Waals surface area contributed by atoms with E-state index in [-0.39, 0.29) is 5.41 Å². The Bertz CT molecular complexity index is 3380. The van der Waals surface area contributed by atoms with Crippen LogP contribution in [0.25, 0.3) is 109 Å². The Morgan fingerprint density at radius 1 is 0.463 bits per heavy atom. The lowest BCUT2D eigenvalue weighted by molar-refractivity contribution is 0.660. The van der Waals surface area contributed by atoms with Gasteiger partial charge >= 0.3 is 0 Å². The number of rotatable bonds is 3. The molecule has 12 rings (SSSR count). The van der Waals surface area contributed by atoms with Crippen LogP contribution >= 0.6 is 11.3 Å². The second kappa shape index (κ2) is 10.8. The highest BCUT2D eigenvalue weighted by atomic mass is 32.1. The lowest BCUT2D eigenvalue weighted by Crippen LogP contribution is -2.14. The molecule has 0 amide bonds. The Morgan fingerprint density at radius 2 is 1.06 bits per heavy atom. The Hall–Kier alpha value is -6.56. The monoisotopic (exact) mass is 710 g/mol. The summed E-state index contributed by atoms with van der Waals surface area (Å²) in [6, 6.07) is 51.6. The van der Waals surface area contributed by atoms with Gasteiger partial charge in [0, 0.05) is 53.6 Å². The van der Waals surface area contributed by atoms with E-state index in [4.69, 9.17) is 18.8 Å². The first-order valence-electron chi connectivity index (χ1n) is 18.3. The van der Waals surface area contributed by atoms with Crippen molar-refractivity contribution in [2.75, 3.05) is 0 Å². The van der Waals surface area contributed by atoms with Crippen LogP contribution in [0.4, 0.5) is 0 Å². The average molecular weight is 711 g/mol. The molecule has 0 spiro atoms. The van der Waals surface area contributed by atoms with Gasteiger partial charge in [0.2, 0.25) is 0 Å². The molecule has 5 heteroatoms. The molecule has 1 aliphatic rings. The van der Waals surface area contributed by atoms with Gasteiger partial charge in [-0.15, -0.1) is 11.3 Å². The molecule has 0 saturated carbocycles. The molecule has 54 heavy (non-hydrogen) atoms. The second-order valence-electron chi connectivity index (χ2n) is 14.9. The maximum absolute atomic E-state index is 6.41. The maximum atomic E-state index is 6.41. The molecule has 0 N–H and O–H groups in total. The zero-order chi connectivity index (χ0) is 35.7. The van der Waals surface area contributed by atoms with E-state index in [9.17, 15) is 0 Å². The van der Waals surface area contributed by atoms with Gasteiger partial charge in [-0.05, 0) is 75.8 Å². The molecule has 7 aromatic carbocycles. The summed E-state index contributed by atoms with van der Waals surface area (Å²) in [6.45, 7) is 4.68. The molecule has 0 radical (unpaired) electrons. The molecule has 0 bridgehead atoms. The number of furan rings is 2. The molecule has 4 aromatic heterocycles. The van der Waals surface area contributed by atoms with Crippen LogP contribution in [-0.4, -0.2) is 9.97 Å². The number of aromatic nitrogens is 2. The van der Waals surface area contributed by atoms with Crippen LogP contribution in [0.15, 0.2) is 154 Å². The van der Waals surface area contributed by atoms with E-state index in [2.05, 4.69) is 117 Å². The van der Waals surface area contributed by atoms with Crippen LogP contribution in [0.2, 0.25) is 0 Å². The van der Waals surface area contributed by atoms with Crippen LogP contribution in [-0.2, 0) is 5.41 Å². The van der Waals surface area contributed by atoms with Crippen molar-refractivity contribution in [1.82, 2.24) is 9.97 Å². The van der Waals surface area contributed by atoms with Gasteiger partial charge in [0.05, 0.1) is 5.69 Å². The van der Waals surface area contributed by atoms with Crippen molar-refractivity contribution in [3.8, 4) is 44.9 Å². The quantitative estimate of drug-likeness (QED) is 0.183. The van der Waals surface area contributed by atoms with Crippen LogP contribution in [0.3, 0.4) is 0 Å².